The lowest BCUT2D eigenvalue weighted by atomic mass is 10.4. The van der Waals surface area contributed by atoms with Crippen LogP contribution in [0.5, 0.6) is 0 Å². The number of nitrogens with two attached hydrogens (primary N) is 1. The van der Waals surface area contributed by atoms with Gasteiger partial charge in [-0.25, -0.2) is 0 Å². The van der Waals surface area contributed by atoms with Gasteiger partial charge >= 0.3 is 0 Å². The third-order valence-electron chi connectivity index (χ3n) is 2.81. The van der Waals surface area contributed by atoms with Gasteiger partial charge in [0.05, 0.1) is 10.8 Å². The quantitative estimate of drug-likeness (QED) is 0.896. The lowest BCUT2D eigenvalue weighted by Gasteiger charge is -2.06. The third-order valence-corrected chi connectivity index (χ3v) is 4.80. The molecule has 0 fully saturated rings. The van der Waals surface area contributed by atoms with E-state index in [-0.39, 0.29) is 5.56 Å². The Kier molecular flexibility index (Phi) is 5.14. The molecule has 0 amide bonds. The Morgan fingerprint density at radius 2 is 1.85 bits per heavy atom. The Morgan fingerprint density at radius 1 is 1.15 bits per heavy atom. The van der Waals surface area contributed by atoms with E-state index < -0.39 is 10.8 Å². The van der Waals surface area contributed by atoms with Gasteiger partial charge < -0.3 is 10.3 Å². The second-order valence-electron chi connectivity index (χ2n) is 4.35. The molecule has 0 aliphatic heterocycles. The Balaban J connectivity index is 1.92. The summed E-state index contributed by atoms with van der Waals surface area (Å²) in [6, 6.07) is 10.4. The second-order valence-corrected chi connectivity index (χ2v) is 6.84. The number of nitrogen functional groups attached to an aromatic ring is 1. The molecule has 2 aromatic rings. The van der Waals surface area contributed by atoms with Crippen LogP contribution in [0.1, 0.15) is 6.42 Å². The molecular weight excluding hydrogens is 340 g/mol. The zero-order valence-corrected chi connectivity index (χ0v) is 13.2. The highest BCUT2D eigenvalue weighted by Crippen LogP contribution is 2.14. The minimum absolute atomic E-state index is 0.0892. The fourth-order valence-electron chi connectivity index (χ4n) is 1.79. The van der Waals surface area contributed by atoms with Crippen molar-refractivity contribution >= 4 is 32.4 Å². The monoisotopic (exact) mass is 354 g/mol. The number of benzene rings is 1. The van der Waals surface area contributed by atoms with Crippen LogP contribution in [0.25, 0.3) is 0 Å². The number of nitrogens with zero attached hydrogens (tertiary/aromatic N) is 1. The van der Waals surface area contributed by atoms with Crippen molar-refractivity contribution in [1.82, 2.24) is 4.57 Å². The first kappa shape index (κ1) is 15.0. The van der Waals surface area contributed by atoms with Gasteiger partial charge in [0.1, 0.15) is 0 Å². The van der Waals surface area contributed by atoms with E-state index in [0.717, 1.165) is 9.37 Å². The molecule has 0 aliphatic carbocycles. The van der Waals surface area contributed by atoms with Crippen LogP contribution in [-0.2, 0) is 17.3 Å². The van der Waals surface area contributed by atoms with Crippen LogP contribution in [-0.4, -0.2) is 14.5 Å². The van der Waals surface area contributed by atoms with E-state index in [2.05, 4.69) is 15.9 Å². The van der Waals surface area contributed by atoms with Crippen molar-refractivity contribution in [1.29, 1.82) is 0 Å². The summed E-state index contributed by atoms with van der Waals surface area (Å²) >= 11 is 3.34. The minimum Gasteiger partial charge on any atom is -0.398 e. The van der Waals surface area contributed by atoms with Gasteiger partial charge in [0.25, 0.3) is 5.56 Å². The molecule has 0 radical (unpaired) electrons. The molecule has 1 unspecified atom stereocenters. The number of pyridine rings is 1. The summed E-state index contributed by atoms with van der Waals surface area (Å²) in [6.07, 6.45) is 2.27. The number of rotatable bonds is 5. The topological polar surface area (TPSA) is 65.1 Å². The molecule has 0 saturated carbocycles. The molecule has 6 heteroatoms. The lowest BCUT2D eigenvalue weighted by molar-refractivity contribution is 0.644. The average molecular weight is 355 g/mol. The molecule has 2 rings (SSSR count). The van der Waals surface area contributed by atoms with Gasteiger partial charge in [-0.15, -0.1) is 0 Å². The molecule has 0 saturated heterocycles. The molecule has 2 N–H and O–H groups in total. The van der Waals surface area contributed by atoms with Gasteiger partial charge in [-0.2, -0.15) is 0 Å². The van der Waals surface area contributed by atoms with E-state index in [1.807, 2.05) is 24.3 Å². The van der Waals surface area contributed by atoms with Gasteiger partial charge in [0, 0.05) is 39.6 Å². The molecule has 0 aliphatic rings. The van der Waals surface area contributed by atoms with Gasteiger partial charge in [-0.05, 0) is 36.8 Å². The molecule has 1 heterocycles. The number of hydrogen-bond donors (Lipinski definition) is 1. The van der Waals surface area contributed by atoms with Crippen LogP contribution < -0.4 is 11.3 Å². The largest absolute Gasteiger partial charge is 0.398 e. The van der Waals surface area contributed by atoms with Crippen molar-refractivity contribution in [3.8, 4) is 0 Å². The van der Waals surface area contributed by atoms with Gasteiger partial charge in [-0.3, -0.25) is 9.00 Å². The maximum absolute atomic E-state index is 12.1. The normalized spacial score (nSPS) is 12.2. The highest BCUT2D eigenvalue weighted by Gasteiger charge is 2.04. The Labute approximate surface area is 128 Å². The molecule has 1 aromatic carbocycles. The lowest BCUT2D eigenvalue weighted by Crippen LogP contribution is -2.19. The highest BCUT2D eigenvalue weighted by atomic mass is 79.9. The molecular formula is C14H15BrN2O2S. The molecule has 106 valence electrons. The van der Waals surface area contributed by atoms with E-state index in [1.165, 1.54) is 6.07 Å². The summed E-state index contributed by atoms with van der Waals surface area (Å²) in [6.45, 7) is 0.520. The molecule has 0 bridgehead atoms. The first-order valence-corrected chi connectivity index (χ1v) is 8.27. The summed E-state index contributed by atoms with van der Waals surface area (Å²) in [7, 11) is -1.04. The van der Waals surface area contributed by atoms with E-state index in [9.17, 15) is 9.00 Å². The molecule has 1 aromatic heterocycles. The fraction of sp³-hybridized carbons (Fsp3) is 0.214. The minimum atomic E-state index is -1.04. The second kappa shape index (κ2) is 6.85. The standard InChI is InChI=1S/C14H15BrN2O2S/c15-11-2-5-13(6-3-11)20(19)9-1-8-17-10-12(16)4-7-14(17)18/h2-7,10H,1,8-9,16H2. The number of aryl methyl sites for hydroxylation is 1. The van der Waals surface area contributed by atoms with Gasteiger partial charge in [-0.1, -0.05) is 15.9 Å². The van der Waals surface area contributed by atoms with Crippen LogP contribution in [0.4, 0.5) is 5.69 Å². The van der Waals surface area contributed by atoms with Crippen molar-refractivity contribution in [3.63, 3.8) is 0 Å². The number of hydrogen-bond acceptors (Lipinski definition) is 3. The number of aromatic nitrogens is 1. The zero-order chi connectivity index (χ0) is 14.5. The maximum Gasteiger partial charge on any atom is 0.250 e. The van der Waals surface area contributed by atoms with E-state index >= 15 is 0 Å². The van der Waals surface area contributed by atoms with Crippen LogP contribution in [0.2, 0.25) is 0 Å². The van der Waals surface area contributed by atoms with Gasteiger partial charge in [0.2, 0.25) is 0 Å². The summed E-state index contributed by atoms with van der Waals surface area (Å²) in [5, 5.41) is 0. The summed E-state index contributed by atoms with van der Waals surface area (Å²) in [5.74, 6) is 0.517. The Bertz CT molecular complexity index is 668. The summed E-state index contributed by atoms with van der Waals surface area (Å²) < 4.78 is 14.6. The molecule has 1 atom stereocenters. The van der Waals surface area contributed by atoms with Crippen molar-refractivity contribution in [2.24, 2.45) is 0 Å². The van der Waals surface area contributed by atoms with Crippen LogP contribution >= 0.6 is 15.9 Å². The third kappa shape index (κ3) is 4.05. The maximum atomic E-state index is 12.1. The van der Waals surface area contributed by atoms with Crippen LogP contribution in [0, 0.1) is 0 Å². The Hall–Kier alpha value is -1.40. The summed E-state index contributed by atoms with van der Waals surface area (Å²) in [5.41, 5.74) is 6.11. The van der Waals surface area contributed by atoms with Gasteiger partial charge in [0.15, 0.2) is 0 Å². The van der Waals surface area contributed by atoms with E-state index in [0.29, 0.717) is 24.4 Å². The van der Waals surface area contributed by atoms with Crippen molar-refractivity contribution in [2.45, 2.75) is 17.9 Å². The van der Waals surface area contributed by atoms with Crippen LogP contribution in [0.3, 0.4) is 0 Å². The predicted molar refractivity (Wildman–Crippen MR) is 85.1 cm³/mol. The first-order chi connectivity index (χ1) is 9.56. The smallest absolute Gasteiger partial charge is 0.250 e. The van der Waals surface area contributed by atoms with Crippen LogP contribution in [0.15, 0.2) is 56.8 Å². The zero-order valence-electron chi connectivity index (χ0n) is 10.8. The van der Waals surface area contributed by atoms with Crippen molar-refractivity contribution in [2.75, 3.05) is 11.5 Å². The number of anilines is 1. The van der Waals surface area contributed by atoms with E-state index in [4.69, 9.17) is 5.73 Å². The SMILES string of the molecule is Nc1ccc(=O)n(CCCS(=O)c2ccc(Br)cc2)c1. The van der Waals surface area contributed by atoms with Crippen molar-refractivity contribution < 1.29 is 4.21 Å². The molecule has 0 spiro atoms. The highest BCUT2D eigenvalue weighted by molar-refractivity contribution is 9.10. The van der Waals surface area contributed by atoms with Crippen molar-refractivity contribution in [3.05, 3.63) is 57.4 Å². The predicted octanol–water partition coefficient (Wildman–Crippen LogP) is 2.39. The fourth-order valence-corrected chi connectivity index (χ4v) is 3.13. The molecule has 20 heavy (non-hydrogen) atoms. The number of halogens is 1. The van der Waals surface area contributed by atoms with E-state index in [1.54, 1.807) is 16.8 Å². The first-order valence-electron chi connectivity index (χ1n) is 6.16. The Morgan fingerprint density at radius 3 is 2.55 bits per heavy atom. The average Bonchev–Trinajstić information content (AvgIpc) is 2.43. The summed E-state index contributed by atoms with van der Waals surface area (Å²) in [4.78, 5) is 12.4. The molecule has 4 nitrogen and oxygen atoms in total.